The molecule has 0 fully saturated rings. The number of hydrogen-bond acceptors (Lipinski definition) is 1. The molecule has 0 saturated carbocycles. The van der Waals surface area contributed by atoms with E-state index in [2.05, 4.69) is 11.9 Å². The maximum Gasteiger partial charge on any atom is 0.159 e. The van der Waals surface area contributed by atoms with Gasteiger partial charge in [-0.3, -0.25) is 0 Å². The molecule has 1 unspecified atom stereocenters. The van der Waals surface area contributed by atoms with Gasteiger partial charge in [0.25, 0.3) is 0 Å². The molecule has 15 heavy (non-hydrogen) atoms. The summed E-state index contributed by atoms with van der Waals surface area (Å²) >= 11 is 0. The molecule has 1 N–H and O–H groups in total. The molecule has 0 amide bonds. The summed E-state index contributed by atoms with van der Waals surface area (Å²) in [6, 6.07) is 4.22. The lowest BCUT2D eigenvalue weighted by molar-refractivity contribution is 0.503. The summed E-state index contributed by atoms with van der Waals surface area (Å²) in [6.07, 6.45) is 3.27. The zero-order valence-electron chi connectivity index (χ0n) is 8.76. The molecule has 0 aromatic heterocycles. The van der Waals surface area contributed by atoms with Crippen molar-refractivity contribution in [2.75, 3.05) is 7.05 Å². The van der Waals surface area contributed by atoms with Crippen molar-refractivity contribution < 1.29 is 8.78 Å². The molecule has 1 aromatic carbocycles. The van der Waals surface area contributed by atoms with E-state index in [1.54, 1.807) is 12.1 Å². The van der Waals surface area contributed by atoms with Crippen molar-refractivity contribution in [2.45, 2.75) is 18.9 Å². The van der Waals surface area contributed by atoms with Crippen LogP contribution in [-0.2, 0) is 6.42 Å². The summed E-state index contributed by atoms with van der Waals surface area (Å²) < 4.78 is 25.6. The molecular formula is C12H15F2N. The summed E-state index contributed by atoms with van der Waals surface area (Å²) in [7, 11) is 1.84. The number of nitrogens with one attached hydrogen (secondary N) is 1. The fraction of sp³-hybridized carbons (Fsp3) is 0.333. The van der Waals surface area contributed by atoms with Gasteiger partial charge in [0, 0.05) is 6.04 Å². The first-order valence-electron chi connectivity index (χ1n) is 4.89. The third kappa shape index (κ3) is 3.44. The van der Waals surface area contributed by atoms with Crippen molar-refractivity contribution in [3.05, 3.63) is 48.1 Å². The number of hydrogen-bond donors (Lipinski definition) is 1. The lowest BCUT2D eigenvalue weighted by atomic mass is 10.0. The first kappa shape index (κ1) is 11.9. The number of rotatable bonds is 5. The Morgan fingerprint density at radius 1 is 1.40 bits per heavy atom. The van der Waals surface area contributed by atoms with E-state index in [9.17, 15) is 8.78 Å². The van der Waals surface area contributed by atoms with E-state index >= 15 is 0 Å². The zero-order valence-corrected chi connectivity index (χ0v) is 8.76. The summed E-state index contributed by atoms with van der Waals surface area (Å²) in [5.41, 5.74) is 0.787. The highest BCUT2D eigenvalue weighted by atomic mass is 19.2. The average Bonchev–Trinajstić information content (AvgIpc) is 2.23. The van der Waals surface area contributed by atoms with Gasteiger partial charge in [-0.15, -0.1) is 6.58 Å². The van der Waals surface area contributed by atoms with Gasteiger partial charge in [0.1, 0.15) is 0 Å². The van der Waals surface area contributed by atoms with Gasteiger partial charge >= 0.3 is 0 Å². The van der Waals surface area contributed by atoms with Crippen molar-refractivity contribution in [3.63, 3.8) is 0 Å². The first-order valence-corrected chi connectivity index (χ1v) is 4.89. The second kappa shape index (κ2) is 5.61. The largest absolute Gasteiger partial charge is 0.316 e. The van der Waals surface area contributed by atoms with Crippen LogP contribution in [0.2, 0.25) is 0 Å². The lowest BCUT2D eigenvalue weighted by Gasteiger charge is -2.13. The third-order valence-corrected chi connectivity index (χ3v) is 2.33. The van der Waals surface area contributed by atoms with Crippen molar-refractivity contribution in [1.29, 1.82) is 0 Å². The molecule has 0 bridgehead atoms. The van der Waals surface area contributed by atoms with E-state index in [1.807, 2.05) is 7.05 Å². The normalized spacial score (nSPS) is 12.5. The Bertz CT molecular complexity index is 336. The summed E-state index contributed by atoms with van der Waals surface area (Å²) in [5, 5.41) is 3.10. The Kier molecular flexibility index (Phi) is 4.43. The van der Waals surface area contributed by atoms with Gasteiger partial charge in [0.2, 0.25) is 0 Å². The Morgan fingerprint density at radius 2 is 2.13 bits per heavy atom. The van der Waals surface area contributed by atoms with Gasteiger partial charge in [-0.25, -0.2) is 8.78 Å². The van der Waals surface area contributed by atoms with Crippen LogP contribution in [0.25, 0.3) is 0 Å². The topological polar surface area (TPSA) is 12.0 Å². The predicted molar refractivity (Wildman–Crippen MR) is 57.7 cm³/mol. The maximum atomic E-state index is 12.9. The summed E-state index contributed by atoms with van der Waals surface area (Å²) in [4.78, 5) is 0. The van der Waals surface area contributed by atoms with Crippen LogP contribution in [0.15, 0.2) is 30.9 Å². The Hall–Kier alpha value is -1.22. The molecular weight excluding hydrogens is 196 g/mol. The zero-order chi connectivity index (χ0) is 11.3. The van der Waals surface area contributed by atoms with Gasteiger partial charge in [0.05, 0.1) is 0 Å². The van der Waals surface area contributed by atoms with Crippen LogP contribution in [0, 0.1) is 11.6 Å². The molecule has 1 aromatic rings. The van der Waals surface area contributed by atoms with Crippen molar-refractivity contribution >= 4 is 0 Å². The first-order chi connectivity index (χ1) is 7.17. The number of likely N-dealkylation sites (N-methyl/N-ethyl adjacent to an activating group) is 1. The molecule has 1 rings (SSSR count). The minimum absolute atomic E-state index is 0.215. The Balaban J connectivity index is 2.70. The third-order valence-electron chi connectivity index (χ3n) is 2.33. The van der Waals surface area contributed by atoms with Crippen LogP contribution in [0.4, 0.5) is 8.78 Å². The summed E-state index contributed by atoms with van der Waals surface area (Å²) in [5.74, 6) is -1.59. The molecule has 1 nitrogen and oxygen atoms in total. The van der Waals surface area contributed by atoms with E-state index in [1.165, 1.54) is 6.07 Å². The highest BCUT2D eigenvalue weighted by Gasteiger charge is 2.07. The fourth-order valence-corrected chi connectivity index (χ4v) is 1.46. The molecule has 0 heterocycles. The van der Waals surface area contributed by atoms with E-state index in [4.69, 9.17) is 0 Å². The van der Waals surface area contributed by atoms with Crippen molar-refractivity contribution in [3.8, 4) is 0 Å². The molecule has 0 aliphatic carbocycles. The molecule has 0 aliphatic heterocycles. The van der Waals surface area contributed by atoms with E-state index < -0.39 is 11.6 Å². The van der Waals surface area contributed by atoms with Crippen LogP contribution in [0.3, 0.4) is 0 Å². The second-order valence-electron chi connectivity index (χ2n) is 3.46. The molecule has 3 heteroatoms. The van der Waals surface area contributed by atoms with Gasteiger partial charge in [-0.05, 0) is 37.6 Å². The predicted octanol–water partition coefficient (Wildman–Crippen LogP) is 2.67. The quantitative estimate of drug-likeness (QED) is 0.738. The van der Waals surface area contributed by atoms with Gasteiger partial charge in [0.15, 0.2) is 11.6 Å². The van der Waals surface area contributed by atoms with Gasteiger partial charge < -0.3 is 5.32 Å². The van der Waals surface area contributed by atoms with Crippen molar-refractivity contribution in [1.82, 2.24) is 5.32 Å². The Morgan fingerprint density at radius 3 is 2.67 bits per heavy atom. The molecule has 82 valence electrons. The minimum Gasteiger partial charge on any atom is -0.316 e. The van der Waals surface area contributed by atoms with Gasteiger partial charge in [-0.2, -0.15) is 0 Å². The fourth-order valence-electron chi connectivity index (χ4n) is 1.46. The van der Waals surface area contributed by atoms with Crippen LogP contribution in [0.1, 0.15) is 12.0 Å². The maximum absolute atomic E-state index is 12.9. The van der Waals surface area contributed by atoms with Crippen LogP contribution in [0.5, 0.6) is 0 Å². The molecule has 0 saturated heterocycles. The average molecular weight is 211 g/mol. The van der Waals surface area contributed by atoms with Crippen LogP contribution >= 0.6 is 0 Å². The van der Waals surface area contributed by atoms with Crippen LogP contribution in [-0.4, -0.2) is 13.1 Å². The molecule has 0 radical (unpaired) electrons. The highest BCUT2D eigenvalue weighted by molar-refractivity contribution is 5.19. The molecule has 0 spiro atoms. The lowest BCUT2D eigenvalue weighted by Crippen LogP contribution is -2.26. The molecule has 1 atom stereocenters. The van der Waals surface area contributed by atoms with E-state index in [-0.39, 0.29) is 6.04 Å². The van der Waals surface area contributed by atoms with Gasteiger partial charge in [-0.1, -0.05) is 12.1 Å². The monoisotopic (exact) mass is 211 g/mol. The smallest absolute Gasteiger partial charge is 0.159 e. The molecule has 0 aliphatic rings. The number of benzene rings is 1. The SMILES string of the molecule is C=CCC(Cc1ccc(F)c(F)c1)NC. The Labute approximate surface area is 88.8 Å². The minimum atomic E-state index is -0.802. The number of halogens is 2. The van der Waals surface area contributed by atoms with E-state index in [0.29, 0.717) is 6.42 Å². The van der Waals surface area contributed by atoms with Crippen molar-refractivity contribution in [2.24, 2.45) is 0 Å². The second-order valence-corrected chi connectivity index (χ2v) is 3.46. The van der Waals surface area contributed by atoms with Crippen LogP contribution < -0.4 is 5.32 Å². The van der Waals surface area contributed by atoms with E-state index in [0.717, 1.165) is 18.1 Å². The highest BCUT2D eigenvalue weighted by Crippen LogP contribution is 2.11. The standard InChI is InChI=1S/C12H15F2N/c1-3-4-10(15-2)7-9-5-6-11(13)12(14)8-9/h3,5-6,8,10,15H,1,4,7H2,2H3. The summed E-state index contributed by atoms with van der Waals surface area (Å²) in [6.45, 7) is 3.65.